The van der Waals surface area contributed by atoms with Crippen LogP contribution in [0.2, 0.25) is 0 Å². The van der Waals surface area contributed by atoms with E-state index >= 15 is 0 Å². The van der Waals surface area contributed by atoms with E-state index < -0.39 is 0 Å². The summed E-state index contributed by atoms with van der Waals surface area (Å²) in [7, 11) is 3.94. The number of fused-ring (bicyclic) bond motifs is 1. The molecule has 3 heterocycles. The number of hydrogen-bond acceptors (Lipinski definition) is 8. The molecule has 1 saturated carbocycles. The smallest absolute Gasteiger partial charge is 0.341 e. The van der Waals surface area contributed by atoms with Crippen LogP contribution in [-0.2, 0) is 14.3 Å². The van der Waals surface area contributed by atoms with Crippen molar-refractivity contribution in [3.05, 3.63) is 24.3 Å². The predicted octanol–water partition coefficient (Wildman–Crippen LogP) is 1.94. The second kappa shape index (κ2) is 9.03. The van der Waals surface area contributed by atoms with Gasteiger partial charge in [0.25, 0.3) is 0 Å². The van der Waals surface area contributed by atoms with Crippen LogP contribution in [-0.4, -0.2) is 71.7 Å². The fourth-order valence-electron chi connectivity index (χ4n) is 4.87. The number of hydrogen-bond donors (Lipinski definition) is 1. The number of rotatable bonds is 6. The number of nitrogens with one attached hydrogen (secondary N) is 1. The summed E-state index contributed by atoms with van der Waals surface area (Å²) in [5.41, 5.74) is 1.02. The largest absolute Gasteiger partial charge is 0.423 e. The van der Waals surface area contributed by atoms with E-state index in [1.165, 1.54) is 6.42 Å². The van der Waals surface area contributed by atoms with Crippen LogP contribution in [0, 0.1) is 5.92 Å². The summed E-state index contributed by atoms with van der Waals surface area (Å²) in [6.45, 7) is 0.817. The molecule has 32 heavy (non-hydrogen) atoms. The second-order valence-corrected chi connectivity index (χ2v) is 9.01. The first-order valence-corrected chi connectivity index (χ1v) is 11.4. The van der Waals surface area contributed by atoms with E-state index in [0.29, 0.717) is 19.0 Å². The third-order valence-electron chi connectivity index (χ3n) is 6.65. The quantitative estimate of drug-likeness (QED) is 0.724. The molecule has 5 rings (SSSR count). The second-order valence-electron chi connectivity index (χ2n) is 9.01. The lowest BCUT2D eigenvalue weighted by Gasteiger charge is -2.24. The summed E-state index contributed by atoms with van der Waals surface area (Å²) in [5, 5.41) is 15.2. The Labute approximate surface area is 187 Å². The zero-order chi connectivity index (χ0) is 22.1. The predicted molar refractivity (Wildman–Crippen MR) is 116 cm³/mol. The van der Waals surface area contributed by atoms with Gasteiger partial charge in [0.05, 0.1) is 19.3 Å². The van der Waals surface area contributed by atoms with Crippen molar-refractivity contribution in [2.75, 3.05) is 32.2 Å². The van der Waals surface area contributed by atoms with E-state index in [4.69, 9.17) is 14.2 Å². The van der Waals surface area contributed by atoms with Crippen LogP contribution >= 0.6 is 0 Å². The van der Waals surface area contributed by atoms with Crippen molar-refractivity contribution in [1.29, 1.82) is 0 Å². The van der Waals surface area contributed by atoms with Crippen LogP contribution in [0.15, 0.2) is 24.3 Å². The van der Waals surface area contributed by atoms with Crippen molar-refractivity contribution in [3.8, 4) is 11.8 Å². The van der Waals surface area contributed by atoms with E-state index in [2.05, 4.69) is 20.8 Å². The number of ether oxygens (including phenoxy) is 3. The van der Waals surface area contributed by atoms with Gasteiger partial charge in [0.15, 0.2) is 0 Å². The molecule has 0 bridgehead atoms. The minimum absolute atomic E-state index is 0.109. The molecule has 2 aromatic rings. The third-order valence-corrected chi connectivity index (χ3v) is 6.65. The molecule has 0 unspecified atom stereocenters. The molecular weight excluding hydrogens is 412 g/mol. The lowest BCUT2D eigenvalue weighted by molar-refractivity contribution is -0.127. The van der Waals surface area contributed by atoms with Gasteiger partial charge < -0.3 is 24.4 Å². The molecule has 3 fully saturated rings. The van der Waals surface area contributed by atoms with Crippen molar-refractivity contribution >= 4 is 11.6 Å². The Morgan fingerprint density at radius 1 is 1.16 bits per heavy atom. The highest BCUT2D eigenvalue weighted by Gasteiger charge is 2.50. The minimum Gasteiger partial charge on any atom is -0.423 e. The highest BCUT2D eigenvalue weighted by atomic mass is 16.6. The summed E-state index contributed by atoms with van der Waals surface area (Å²) in [6, 6.07) is 7.62. The van der Waals surface area contributed by atoms with Gasteiger partial charge >= 0.3 is 6.01 Å². The van der Waals surface area contributed by atoms with Gasteiger partial charge in [-0.05, 0) is 35.4 Å². The Kier molecular flexibility index (Phi) is 5.97. The first-order chi connectivity index (χ1) is 15.6. The van der Waals surface area contributed by atoms with Crippen molar-refractivity contribution in [2.24, 2.45) is 5.92 Å². The van der Waals surface area contributed by atoms with Gasteiger partial charge in [0.2, 0.25) is 5.91 Å². The molecule has 1 N–H and O–H groups in total. The maximum Gasteiger partial charge on any atom is 0.341 e. The van der Waals surface area contributed by atoms with E-state index in [9.17, 15) is 4.79 Å². The SMILES string of the molecule is CN(C)c1cccc(Oc2nnnn2[C@H]2CO[C@H]3[C@@H]2OC[C@@H]3NC(=O)C2CCCCC2)c1. The van der Waals surface area contributed by atoms with Crippen LogP contribution in [0.3, 0.4) is 0 Å². The molecule has 1 aromatic heterocycles. The van der Waals surface area contributed by atoms with Crippen LogP contribution in [0.1, 0.15) is 38.1 Å². The molecule has 10 nitrogen and oxygen atoms in total. The highest BCUT2D eigenvalue weighted by Crippen LogP contribution is 2.36. The molecule has 2 aliphatic heterocycles. The van der Waals surface area contributed by atoms with Gasteiger partial charge in [-0.15, -0.1) is 0 Å². The van der Waals surface area contributed by atoms with Gasteiger partial charge in [0.1, 0.15) is 24.0 Å². The van der Waals surface area contributed by atoms with Crippen molar-refractivity contribution < 1.29 is 19.0 Å². The molecule has 4 atom stereocenters. The highest BCUT2D eigenvalue weighted by molar-refractivity contribution is 5.79. The van der Waals surface area contributed by atoms with Crippen molar-refractivity contribution in [2.45, 2.75) is 56.4 Å². The van der Waals surface area contributed by atoms with E-state index in [1.54, 1.807) is 4.68 Å². The Morgan fingerprint density at radius 2 is 1.97 bits per heavy atom. The maximum absolute atomic E-state index is 12.7. The summed E-state index contributed by atoms with van der Waals surface area (Å²) in [5.74, 6) is 0.878. The van der Waals surface area contributed by atoms with Crippen LogP contribution in [0.5, 0.6) is 11.8 Å². The Balaban J connectivity index is 1.25. The number of anilines is 1. The van der Waals surface area contributed by atoms with E-state index in [1.807, 2.05) is 43.3 Å². The number of amides is 1. The van der Waals surface area contributed by atoms with Gasteiger partial charge in [-0.2, -0.15) is 4.68 Å². The molecule has 10 heteroatoms. The number of tetrazole rings is 1. The average Bonchev–Trinajstić information content (AvgIpc) is 3.52. The Bertz CT molecular complexity index is 944. The molecule has 2 saturated heterocycles. The summed E-state index contributed by atoms with van der Waals surface area (Å²) < 4.78 is 19.7. The van der Waals surface area contributed by atoms with Gasteiger partial charge in [0, 0.05) is 31.8 Å². The Hall–Kier alpha value is -2.72. The standard InChI is InChI=1S/C22H30N6O4/c1-27(2)15-9-6-10-16(11-15)32-22-24-25-26-28(22)18-13-31-19-17(12-30-20(18)19)23-21(29)14-7-4-3-5-8-14/h6,9-11,14,17-20H,3-5,7-8,12-13H2,1-2H3,(H,23,29)/t17-,18-,19+,20+/m0/s1. The van der Waals surface area contributed by atoms with Crippen molar-refractivity contribution in [1.82, 2.24) is 25.5 Å². The summed E-state index contributed by atoms with van der Waals surface area (Å²) in [4.78, 5) is 14.7. The number of aromatic nitrogens is 4. The molecular formula is C22H30N6O4. The normalized spacial score (nSPS) is 27.8. The van der Waals surface area contributed by atoms with Crippen LogP contribution in [0.25, 0.3) is 0 Å². The summed E-state index contributed by atoms with van der Waals surface area (Å²) >= 11 is 0. The molecule has 0 spiro atoms. The molecule has 3 aliphatic rings. The lowest BCUT2D eigenvalue weighted by Crippen LogP contribution is -2.46. The van der Waals surface area contributed by atoms with Gasteiger partial charge in [-0.25, -0.2) is 0 Å². The fraction of sp³-hybridized carbons (Fsp3) is 0.636. The molecule has 0 radical (unpaired) electrons. The zero-order valence-electron chi connectivity index (χ0n) is 18.5. The monoisotopic (exact) mass is 442 g/mol. The maximum atomic E-state index is 12.7. The number of nitrogens with zero attached hydrogens (tertiary/aromatic N) is 5. The van der Waals surface area contributed by atoms with E-state index in [-0.39, 0.29) is 42.1 Å². The zero-order valence-corrected chi connectivity index (χ0v) is 18.5. The first kappa shape index (κ1) is 21.1. The number of carbonyl (C=O) groups is 1. The third kappa shape index (κ3) is 4.16. The van der Waals surface area contributed by atoms with Crippen LogP contribution in [0.4, 0.5) is 5.69 Å². The van der Waals surface area contributed by atoms with Gasteiger partial charge in [-0.1, -0.05) is 30.4 Å². The van der Waals surface area contributed by atoms with E-state index in [0.717, 1.165) is 31.4 Å². The molecule has 172 valence electrons. The van der Waals surface area contributed by atoms with Gasteiger partial charge in [-0.3, -0.25) is 4.79 Å². The molecule has 1 aromatic carbocycles. The number of carbonyl (C=O) groups excluding carboxylic acids is 1. The molecule has 1 amide bonds. The Morgan fingerprint density at radius 3 is 2.78 bits per heavy atom. The van der Waals surface area contributed by atoms with Crippen LogP contribution < -0.4 is 15.0 Å². The molecule has 1 aliphatic carbocycles. The minimum atomic E-state index is -0.245. The first-order valence-electron chi connectivity index (χ1n) is 11.4. The van der Waals surface area contributed by atoms with Crippen molar-refractivity contribution in [3.63, 3.8) is 0 Å². The fourth-order valence-corrected chi connectivity index (χ4v) is 4.87. The topological polar surface area (TPSA) is 104 Å². The lowest BCUT2D eigenvalue weighted by atomic mass is 9.88. The summed E-state index contributed by atoms with van der Waals surface area (Å²) in [6.07, 6.45) is 4.95. The number of benzene rings is 1. The average molecular weight is 443 g/mol.